The Morgan fingerprint density at radius 2 is 1.66 bits per heavy atom. The maximum Gasteiger partial charge on any atom is 0.149 e. The number of aromatic amines is 1. The fourth-order valence-electron chi connectivity index (χ4n) is 8.05. The summed E-state index contributed by atoms with van der Waals surface area (Å²) in [5, 5.41) is 10.3. The molecule has 41 heavy (non-hydrogen) atoms. The van der Waals surface area contributed by atoms with E-state index < -0.39 is 0 Å². The number of benzene rings is 2. The number of rotatable bonds is 2. The Hall–Kier alpha value is -3.58. The molecule has 3 aromatic rings. The zero-order valence-electron chi connectivity index (χ0n) is 25.5. The second kappa shape index (κ2) is 8.96. The van der Waals surface area contributed by atoms with Crippen molar-refractivity contribution < 1.29 is 0 Å². The minimum atomic E-state index is 0.0713. The van der Waals surface area contributed by atoms with Crippen LogP contribution in [0.25, 0.3) is 22.2 Å². The molecule has 0 bridgehead atoms. The first-order valence-corrected chi connectivity index (χ1v) is 15.4. The number of anilines is 1. The lowest BCUT2D eigenvalue weighted by Crippen LogP contribution is -2.44. The zero-order chi connectivity index (χ0) is 28.7. The van der Waals surface area contributed by atoms with Crippen molar-refractivity contribution in [3.05, 3.63) is 82.2 Å². The second-order valence-electron chi connectivity index (χ2n) is 14.9. The van der Waals surface area contributed by atoms with Gasteiger partial charge in [0.2, 0.25) is 0 Å². The predicted molar refractivity (Wildman–Crippen MR) is 170 cm³/mol. The number of allylic oxidation sites excluding steroid dienone is 6. The van der Waals surface area contributed by atoms with Gasteiger partial charge in [-0.05, 0) is 112 Å². The molecule has 2 aliphatic carbocycles. The Balaban J connectivity index is 1.36. The van der Waals surface area contributed by atoms with Crippen molar-refractivity contribution in [2.45, 2.75) is 84.5 Å². The number of imidazole rings is 1. The van der Waals surface area contributed by atoms with E-state index in [1.807, 2.05) is 24.3 Å². The van der Waals surface area contributed by atoms with Crippen LogP contribution in [0.5, 0.6) is 0 Å². The van der Waals surface area contributed by atoms with Crippen molar-refractivity contribution in [3.8, 4) is 6.07 Å². The van der Waals surface area contributed by atoms with Gasteiger partial charge in [0.1, 0.15) is 11.9 Å². The number of hydrogen-bond acceptors (Lipinski definition) is 3. The third-order valence-corrected chi connectivity index (χ3v) is 10.7. The molecular formula is C37H42N4. The van der Waals surface area contributed by atoms with Crippen LogP contribution >= 0.6 is 0 Å². The summed E-state index contributed by atoms with van der Waals surface area (Å²) in [6, 6.07) is 15.6. The van der Waals surface area contributed by atoms with Crippen molar-refractivity contribution >= 4 is 27.9 Å². The van der Waals surface area contributed by atoms with Crippen LogP contribution in [0.3, 0.4) is 0 Å². The highest BCUT2D eigenvalue weighted by molar-refractivity contribution is 5.85. The molecule has 4 heteroatoms. The first-order chi connectivity index (χ1) is 19.5. The topological polar surface area (TPSA) is 55.7 Å². The van der Waals surface area contributed by atoms with E-state index in [0.29, 0.717) is 17.3 Å². The Morgan fingerprint density at radius 1 is 0.976 bits per heavy atom. The van der Waals surface area contributed by atoms with Crippen molar-refractivity contribution in [2.24, 2.45) is 11.3 Å². The number of nitriles is 1. The maximum absolute atomic E-state index is 10.3. The summed E-state index contributed by atoms with van der Waals surface area (Å²) in [4.78, 5) is 10.8. The van der Waals surface area contributed by atoms with Crippen LogP contribution in [0.15, 0.2) is 59.7 Å². The fourth-order valence-corrected chi connectivity index (χ4v) is 8.05. The van der Waals surface area contributed by atoms with Gasteiger partial charge in [0.25, 0.3) is 0 Å². The Bertz CT molecular complexity index is 1640. The molecule has 4 nitrogen and oxygen atoms in total. The zero-order valence-corrected chi connectivity index (χ0v) is 25.5. The lowest BCUT2D eigenvalue weighted by atomic mass is 9.62. The molecule has 2 aliphatic heterocycles. The van der Waals surface area contributed by atoms with Crippen LogP contribution in [0.2, 0.25) is 0 Å². The van der Waals surface area contributed by atoms with E-state index in [4.69, 9.17) is 4.98 Å². The minimum Gasteiger partial charge on any atom is -0.371 e. The summed E-state index contributed by atoms with van der Waals surface area (Å²) in [5.41, 5.74) is 12.9. The highest BCUT2D eigenvalue weighted by atomic mass is 15.2. The van der Waals surface area contributed by atoms with Gasteiger partial charge in [-0.15, -0.1) is 0 Å². The van der Waals surface area contributed by atoms with Crippen molar-refractivity contribution in [1.29, 1.82) is 5.26 Å². The fraction of sp³-hybridized carbons (Fsp3) is 0.459. The summed E-state index contributed by atoms with van der Waals surface area (Å²) in [6.45, 7) is 16.8. The lowest BCUT2D eigenvalue weighted by molar-refractivity contribution is 0.228. The molecule has 0 saturated carbocycles. The average molecular weight is 543 g/mol. The maximum atomic E-state index is 10.3. The van der Waals surface area contributed by atoms with E-state index in [2.05, 4.69) is 81.8 Å². The van der Waals surface area contributed by atoms with Gasteiger partial charge in [0.15, 0.2) is 0 Å². The summed E-state index contributed by atoms with van der Waals surface area (Å²) in [5.74, 6) is 1.17. The lowest BCUT2D eigenvalue weighted by Gasteiger charge is -2.48. The first kappa shape index (κ1) is 26.3. The number of nitrogens with zero attached hydrogens (tertiary/aromatic N) is 3. The highest BCUT2D eigenvalue weighted by Crippen LogP contribution is 2.53. The van der Waals surface area contributed by atoms with E-state index in [9.17, 15) is 5.26 Å². The van der Waals surface area contributed by atoms with Gasteiger partial charge < -0.3 is 9.88 Å². The summed E-state index contributed by atoms with van der Waals surface area (Å²) in [6.07, 6.45) is 10.3. The molecule has 0 spiro atoms. The Morgan fingerprint density at radius 3 is 2.32 bits per heavy atom. The van der Waals surface area contributed by atoms with Gasteiger partial charge in [0.05, 0.1) is 16.6 Å². The first-order valence-electron chi connectivity index (χ1n) is 15.4. The molecule has 0 radical (unpaired) electrons. The van der Waals surface area contributed by atoms with Gasteiger partial charge in [-0.1, -0.05) is 65.8 Å². The molecular weight excluding hydrogens is 500 g/mol. The van der Waals surface area contributed by atoms with Crippen LogP contribution in [0.1, 0.15) is 96.2 Å². The quantitative estimate of drug-likeness (QED) is 0.329. The average Bonchev–Trinajstić information content (AvgIpc) is 3.35. The van der Waals surface area contributed by atoms with E-state index in [1.165, 1.54) is 46.4 Å². The standard InChI is InChI=1S/C37H42N4/c1-35(2)13-15-41-16-14-36(3,4)30-20-24(19-29(35)33(30)41)23-11-12-28-25(17-23)18-26(21-37(28,5)6)27(22-38)34-39-31-9-7-8-10-32(31)40-34/h7-10,17-20,28H,11-16,21H2,1-6H3,(H,39,40)/b27-26-. The molecule has 1 atom stereocenters. The largest absolute Gasteiger partial charge is 0.371 e. The molecule has 0 amide bonds. The van der Waals surface area contributed by atoms with Crippen molar-refractivity contribution in [2.75, 3.05) is 18.0 Å². The third kappa shape index (κ3) is 4.19. The number of H-pyrrole nitrogens is 1. The molecule has 0 saturated heterocycles. The molecule has 4 aliphatic rings. The number of para-hydroxylation sites is 2. The minimum absolute atomic E-state index is 0.0713. The van der Waals surface area contributed by atoms with Crippen LogP contribution < -0.4 is 4.90 Å². The third-order valence-electron chi connectivity index (χ3n) is 10.7. The molecule has 1 aromatic heterocycles. The monoisotopic (exact) mass is 542 g/mol. The van der Waals surface area contributed by atoms with Crippen LogP contribution in [0.4, 0.5) is 5.69 Å². The normalized spacial score (nSPS) is 25.0. The number of nitrogens with one attached hydrogen (secondary N) is 1. The number of aromatic nitrogens is 2. The predicted octanol–water partition coefficient (Wildman–Crippen LogP) is 8.86. The van der Waals surface area contributed by atoms with Crippen LogP contribution in [0, 0.1) is 22.7 Å². The van der Waals surface area contributed by atoms with E-state index >= 15 is 0 Å². The molecule has 1 unspecified atom stereocenters. The van der Waals surface area contributed by atoms with Gasteiger partial charge >= 0.3 is 0 Å². The molecule has 7 rings (SSSR count). The highest BCUT2D eigenvalue weighted by Gasteiger charge is 2.42. The smallest absolute Gasteiger partial charge is 0.149 e. The number of fused-ring (bicyclic) bond motifs is 2. The summed E-state index contributed by atoms with van der Waals surface area (Å²) in [7, 11) is 0. The van der Waals surface area contributed by atoms with Gasteiger partial charge in [0, 0.05) is 18.8 Å². The second-order valence-corrected chi connectivity index (χ2v) is 14.9. The van der Waals surface area contributed by atoms with Crippen LogP contribution in [-0.4, -0.2) is 23.1 Å². The van der Waals surface area contributed by atoms with Gasteiger partial charge in [-0.3, -0.25) is 0 Å². The van der Waals surface area contributed by atoms with E-state index in [1.54, 1.807) is 0 Å². The molecule has 210 valence electrons. The van der Waals surface area contributed by atoms with Crippen LogP contribution in [-0.2, 0) is 10.8 Å². The summed E-state index contributed by atoms with van der Waals surface area (Å²) >= 11 is 0. The van der Waals surface area contributed by atoms with Crippen molar-refractivity contribution in [1.82, 2.24) is 9.97 Å². The Kier molecular flexibility index (Phi) is 5.75. The summed E-state index contributed by atoms with van der Waals surface area (Å²) < 4.78 is 0. The van der Waals surface area contributed by atoms with E-state index in [-0.39, 0.29) is 16.2 Å². The van der Waals surface area contributed by atoms with Gasteiger partial charge in [-0.2, -0.15) is 5.26 Å². The van der Waals surface area contributed by atoms with Gasteiger partial charge in [-0.25, -0.2) is 4.98 Å². The number of hydrogen-bond donors (Lipinski definition) is 1. The Labute approximate surface area is 244 Å². The molecule has 0 fully saturated rings. The van der Waals surface area contributed by atoms with E-state index in [0.717, 1.165) is 49.0 Å². The molecule has 2 aromatic carbocycles. The molecule has 3 heterocycles. The molecule has 1 N–H and O–H groups in total. The van der Waals surface area contributed by atoms with Crippen molar-refractivity contribution in [3.63, 3.8) is 0 Å². The SMILES string of the molecule is CC1(C)CCN2CCC(C)(C)c3cc(C4=CC5=C/C(=C(\C#N)c6nc7ccccc7[nH]6)CC(C)(C)C5CC4)cc1c32.